The number of carbonyl (C=O) groups is 1. The molecule has 0 saturated heterocycles. The average molecular weight is 267 g/mol. The van der Waals surface area contributed by atoms with Gasteiger partial charge in [-0.05, 0) is 13.3 Å². The van der Waals surface area contributed by atoms with E-state index in [0.29, 0.717) is 31.0 Å². The molecule has 0 aliphatic carbocycles. The Morgan fingerprint density at radius 1 is 1.47 bits per heavy atom. The summed E-state index contributed by atoms with van der Waals surface area (Å²) in [6, 6.07) is 4.48. The molecule has 0 radical (unpaired) electrons. The molecule has 0 atom stereocenters. The van der Waals surface area contributed by atoms with Crippen LogP contribution in [0.5, 0.6) is 5.75 Å². The molecule has 0 fully saturated rings. The summed E-state index contributed by atoms with van der Waals surface area (Å²) >= 11 is 0. The number of ether oxygens (including phenoxy) is 1. The molecule has 0 aliphatic heterocycles. The van der Waals surface area contributed by atoms with E-state index < -0.39 is 4.92 Å². The maximum atomic E-state index is 10.8. The van der Waals surface area contributed by atoms with Crippen LogP contribution in [0.4, 0.5) is 11.4 Å². The first-order valence-corrected chi connectivity index (χ1v) is 5.97. The van der Waals surface area contributed by atoms with Crippen LogP contribution >= 0.6 is 0 Å². The zero-order valence-electron chi connectivity index (χ0n) is 10.7. The Hall–Kier alpha value is -2.31. The van der Waals surface area contributed by atoms with E-state index >= 15 is 0 Å². The van der Waals surface area contributed by atoms with Gasteiger partial charge in [0, 0.05) is 30.8 Å². The average Bonchev–Trinajstić information content (AvgIpc) is 2.34. The zero-order valence-corrected chi connectivity index (χ0v) is 10.7. The van der Waals surface area contributed by atoms with Crippen molar-refractivity contribution in [1.82, 2.24) is 0 Å². The van der Waals surface area contributed by atoms with Gasteiger partial charge in [-0.1, -0.05) is 0 Å². The van der Waals surface area contributed by atoms with E-state index in [-0.39, 0.29) is 18.0 Å². The van der Waals surface area contributed by atoms with Crippen LogP contribution in [-0.2, 0) is 4.79 Å². The number of nitro benzene ring substituents is 1. The number of anilines is 1. The molecule has 1 aromatic carbocycles. The maximum Gasteiger partial charge on any atom is 0.275 e. The largest absolute Gasteiger partial charge is 0.494 e. The summed E-state index contributed by atoms with van der Waals surface area (Å²) in [7, 11) is 0. The fraction of sp³-hybridized carbons (Fsp3) is 0.417. The Balaban J connectivity index is 2.70. The lowest BCUT2D eigenvalue weighted by Gasteiger charge is -2.08. The number of nitrogens with two attached hydrogens (primary N) is 1. The molecule has 1 rings (SSSR count). The van der Waals surface area contributed by atoms with Gasteiger partial charge < -0.3 is 15.8 Å². The van der Waals surface area contributed by atoms with E-state index in [2.05, 4.69) is 5.32 Å². The predicted octanol–water partition coefficient (Wildman–Crippen LogP) is 1.67. The highest BCUT2D eigenvalue weighted by atomic mass is 16.6. The molecule has 0 saturated carbocycles. The Morgan fingerprint density at radius 2 is 2.21 bits per heavy atom. The van der Waals surface area contributed by atoms with E-state index in [9.17, 15) is 14.9 Å². The molecule has 19 heavy (non-hydrogen) atoms. The number of benzene rings is 1. The topological polar surface area (TPSA) is 107 Å². The van der Waals surface area contributed by atoms with Crippen molar-refractivity contribution in [3.8, 4) is 5.75 Å². The van der Waals surface area contributed by atoms with Crippen molar-refractivity contribution in [3.05, 3.63) is 28.3 Å². The zero-order chi connectivity index (χ0) is 14.3. The standard InChI is InChI=1S/C12H17N3O4/c1-2-19-11-7-9(6-10(8-11)15(17)18)14-5-3-4-12(13)16/h6-8,14H,2-5H2,1H3,(H2,13,16). The molecule has 104 valence electrons. The first-order chi connectivity index (χ1) is 9.02. The third-order valence-corrected chi connectivity index (χ3v) is 2.34. The lowest BCUT2D eigenvalue weighted by molar-refractivity contribution is -0.384. The number of carbonyl (C=O) groups excluding carboxylic acids is 1. The minimum absolute atomic E-state index is 0.0386. The number of rotatable bonds is 8. The van der Waals surface area contributed by atoms with Crippen molar-refractivity contribution >= 4 is 17.3 Å². The van der Waals surface area contributed by atoms with Crippen molar-refractivity contribution < 1.29 is 14.5 Å². The highest BCUT2D eigenvalue weighted by Crippen LogP contribution is 2.26. The monoisotopic (exact) mass is 267 g/mol. The first-order valence-electron chi connectivity index (χ1n) is 5.97. The van der Waals surface area contributed by atoms with Gasteiger partial charge in [0.15, 0.2) is 0 Å². The highest BCUT2D eigenvalue weighted by molar-refractivity contribution is 5.73. The van der Waals surface area contributed by atoms with Crippen LogP contribution in [0.25, 0.3) is 0 Å². The first kappa shape index (κ1) is 14.7. The number of amides is 1. The fourth-order valence-electron chi connectivity index (χ4n) is 1.54. The van der Waals surface area contributed by atoms with Gasteiger partial charge in [-0.15, -0.1) is 0 Å². The second kappa shape index (κ2) is 7.20. The predicted molar refractivity (Wildman–Crippen MR) is 71.2 cm³/mol. The van der Waals surface area contributed by atoms with E-state index in [1.54, 1.807) is 13.0 Å². The number of non-ortho nitro benzene ring substituents is 1. The summed E-state index contributed by atoms with van der Waals surface area (Å²) in [6.45, 7) is 2.75. The van der Waals surface area contributed by atoms with E-state index in [0.717, 1.165) is 0 Å². The molecule has 0 bridgehead atoms. The molecule has 3 N–H and O–H groups in total. The Morgan fingerprint density at radius 3 is 2.79 bits per heavy atom. The summed E-state index contributed by atoms with van der Waals surface area (Å²) in [5.41, 5.74) is 5.57. The van der Waals surface area contributed by atoms with Gasteiger partial charge in [-0.3, -0.25) is 14.9 Å². The quantitative estimate of drug-likeness (QED) is 0.423. The summed E-state index contributed by atoms with van der Waals surface area (Å²) in [4.78, 5) is 20.9. The summed E-state index contributed by atoms with van der Waals surface area (Å²) in [6.07, 6.45) is 0.849. The van der Waals surface area contributed by atoms with Gasteiger partial charge in [-0.2, -0.15) is 0 Å². The van der Waals surface area contributed by atoms with E-state index in [1.165, 1.54) is 12.1 Å². The van der Waals surface area contributed by atoms with Crippen molar-refractivity contribution in [2.45, 2.75) is 19.8 Å². The minimum atomic E-state index is -0.475. The highest BCUT2D eigenvalue weighted by Gasteiger charge is 2.10. The number of nitrogens with zero attached hydrogens (tertiary/aromatic N) is 1. The minimum Gasteiger partial charge on any atom is -0.494 e. The van der Waals surface area contributed by atoms with E-state index in [1.807, 2.05) is 0 Å². The van der Waals surface area contributed by atoms with Crippen LogP contribution in [0.3, 0.4) is 0 Å². The number of nitrogens with one attached hydrogen (secondary N) is 1. The van der Waals surface area contributed by atoms with Crippen LogP contribution in [0, 0.1) is 10.1 Å². The van der Waals surface area contributed by atoms with Crippen LogP contribution < -0.4 is 15.8 Å². The molecule has 0 heterocycles. The van der Waals surface area contributed by atoms with Crippen LogP contribution in [0.2, 0.25) is 0 Å². The lowest BCUT2D eigenvalue weighted by atomic mass is 10.2. The maximum absolute atomic E-state index is 10.8. The van der Waals surface area contributed by atoms with Crippen molar-refractivity contribution in [2.75, 3.05) is 18.5 Å². The van der Waals surface area contributed by atoms with Crippen LogP contribution in [0.15, 0.2) is 18.2 Å². The Labute approximate surface area is 110 Å². The van der Waals surface area contributed by atoms with Gasteiger partial charge in [0.1, 0.15) is 5.75 Å². The molecule has 1 aromatic rings. The van der Waals surface area contributed by atoms with E-state index in [4.69, 9.17) is 10.5 Å². The number of nitro groups is 1. The van der Waals surface area contributed by atoms with Crippen molar-refractivity contribution in [2.24, 2.45) is 5.73 Å². The molecule has 0 unspecified atom stereocenters. The van der Waals surface area contributed by atoms with Gasteiger partial charge in [0.25, 0.3) is 5.69 Å². The van der Waals surface area contributed by atoms with Crippen molar-refractivity contribution in [3.63, 3.8) is 0 Å². The van der Waals surface area contributed by atoms with Crippen molar-refractivity contribution in [1.29, 1.82) is 0 Å². The number of hydrogen-bond donors (Lipinski definition) is 2. The smallest absolute Gasteiger partial charge is 0.275 e. The molecule has 7 nitrogen and oxygen atoms in total. The SMILES string of the molecule is CCOc1cc(NCCCC(N)=O)cc([N+](=O)[O-])c1. The van der Waals surface area contributed by atoms with Crippen LogP contribution in [0.1, 0.15) is 19.8 Å². The molecular weight excluding hydrogens is 250 g/mol. The molecular formula is C12H17N3O4. The summed E-state index contributed by atoms with van der Waals surface area (Å²) in [5.74, 6) is 0.0740. The van der Waals surface area contributed by atoms with Gasteiger partial charge in [-0.25, -0.2) is 0 Å². The lowest BCUT2D eigenvalue weighted by Crippen LogP contribution is -2.12. The molecule has 0 aromatic heterocycles. The number of hydrogen-bond acceptors (Lipinski definition) is 5. The second-order valence-electron chi connectivity index (χ2n) is 3.90. The second-order valence-corrected chi connectivity index (χ2v) is 3.90. The summed E-state index contributed by atoms with van der Waals surface area (Å²) in [5, 5.41) is 13.8. The molecule has 0 spiro atoms. The van der Waals surface area contributed by atoms with Gasteiger partial charge in [0.2, 0.25) is 5.91 Å². The third kappa shape index (κ3) is 5.24. The third-order valence-electron chi connectivity index (χ3n) is 2.34. The summed E-state index contributed by atoms with van der Waals surface area (Å²) < 4.78 is 5.26. The van der Waals surface area contributed by atoms with Gasteiger partial charge >= 0.3 is 0 Å². The van der Waals surface area contributed by atoms with Crippen LogP contribution in [-0.4, -0.2) is 24.0 Å². The normalized spacial score (nSPS) is 9.95. The Bertz CT molecular complexity index is 462. The molecule has 7 heteroatoms. The number of primary amides is 1. The van der Waals surface area contributed by atoms with Gasteiger partial charge in [0.05, 0.1) is 17.6 Å². The Kier molecular flexibility index (Phi) is 5.59. The molecule has 0 aliphatic rings. The molecule has 1 amide bonds. The fourth-order valence-corrected chi connectivity index (χ4v) is 1.54.